The standard InChI is InChI=1S/C10H8F2N4O2/c1-4-14-10(18-16-4)15-9(17)7-5(11)2-3-6(13)8(7)12/h2-3H,13H2,1H3,(H,14,15,16,17). The van der Waals surface area contributed by atoms with E-state index in [1.54, 1.807) is 0 Å². The van der Waals surface area contributed by atoms with E-state index < -0.39 is 23.1 Å². The first-order valence-corrected chi connectivity index (χ1v) is 4.84. The second kappa shape index (κ2) is 4.40. The number of carbonyl (C=O) groups is 1. The van der Waals surface area contributed by atoms with Crippen molar-refractivity contribution in [2.24, 2.45) is 0 Å². The van der Waals surface area contributed by atoms with Gasteiger partial charge in [0.05, 0.1) is 5.69 Å². The van der Waals surface area contributed by atoms with Crippen molar-refractivity contribution in [2.45, 2.75) is 6.92 Å². The normalized spacial score (nSPS) is 10.4. The summed E-state index contributed by atoms with van der Waals surface area (Å²) < 4.78 is 31.5. The third-order valence-corrected chi connectivity index (χ3v) is 2.10. The molecule has 94 valence electrons. The number of nitrogens with two attached hydrogens (primary N) is 1. The van der Waals surface area contributed by atoms with Crippen molar-refractivity contribution in [1.82, 2.24) is 10.1 Å². The predicted octanol–water partition coefficient (Wildman–Crippen LogP) is 1.49. The largest absolute Gasteiger partial charge is 0.396 e. The zero-order chi connectivity index (χ0) is 13.3. The van der Waals surface area contributed by atoms with E-state index in [1.165, 1.54) is 6.92 Å². The molecule has 0 saturated heterocycles. The lowest BCUT2D eigenvalue weighted by atomic mass is 10.1. The molecule has 0 atom stereocenters. The van der Waals surface area contributed by atoms with Crippen molar-refractivity contribution in [1.29, 1.82) is 0 Å². The zero-order valence-corrected chi connectivity index (χ0v) is 9.20. The van der Waals surface area contributed by atoms with Gasteiger partial charge in [-0.3, -0.25) is 10.1 Å². The maximum Gasteiger partial charge on any atom is 0.328 e. The Labute approximate surface area is 99.8 Å². The van der Waals surface area contributed by atoms with E-state index >= 15 is 0 Å². The quantitative estimate of drug-likeness (QED) is 0.792. The molecule has 2 aromatic rings. The fourth-order valence-corrected chi connectivity index (χ4v) is 1.28. The van der Waals surface area contributed by atoms with Gasteiger partial charge in [-0.15, -0.1) is 0 Å². The van der Waals surface area contributed by atoms with E-state index in [4.69, 9.17) is 5.73 Å². The van der Waals surface area contributed by atoms with Crippen LogP contribution >= 0.6 is 0 Å². The van der Waals surface area contributed by atoms with Gasteiger partial charge in [-0.2, -0.15) is 4.98 Å². The molecule has 6 nitrogen and oxygen atoms in total. The number of nitrogens with one attached hydrogen (secondary N) is 1. The third-order valence-electron chi connectivity index (χ3n) is 2.10. The van der Waals surface area contributed by atoms with Crippen LogP contribution in [0.5, 0.6) is 0 Å². The minimum absolute atomic E-state index is 0.251. The average Bonchev–Trinajstić information content (AvgIpc) is 2.70. The van der Waals surface area contributed by atoms with Crippen LogP contribution in [-0.2, 0) is 0 Å². The monoisotopic (exact) mass is 254 g/mol. The first-order valence-electron chi connectivity index (χ1n) is 4.84. The molecule has 0 spiro atoms. The number of amides is 1. The summed E-state index contributed by atoms with van der Waals surface area (Å²) in [7, 11) is 0. The fraction of sp³-hybridized carbons (Fsp3) is 0.100. The number of benzene rings is 1. The van der Waals surface area contributed by atoms with E-state index in [0.717, 1.165) is 12.1 Å². The van der Waals surface area contributed by atoms with Crippen molar-refractivity contribution in [3.05, 3.63) is 35.2 Å². The second-order valence-electron chi connectivity index (χ2n) is 3.43. The van der Waals surface area contributed by atoms with E-state index in [1.807, 2.05) is 0 Å². The molecule has 0 bridgehead atoms. The van der Waals surface area contributed by atoms with Gasteiger partial charge in [0.1, 0.15) is 11.4 Å². The maximum atomic E-state index is 13.5. The van der Waals surface area contributed by atoms with Gasteiger partial charge in [-0.1, -0.05) is 5.16 Å². The number of aromatic nitrogens is 2. The summed E-state index contributed by atoms with van der Waals surface area (Å²) in [6, 6.07) is 1.67. The molecular weight excluding hydrogens is 246 g/mol. The number of hydrogen-bond donors (Lipinski definition) is 2. The summed E-state index contributed by atoms with van der Waals surface area (Å²) in [6.07, 6.45) is 0. The van der Waals surface area contributed by atoms with Crippen LogP contribution in [0.4, 0.5) is 20.5 Å². The predicted molar refractivity (Wildman–Crippen MR) is 57.8 cm³/mol. The van der Waals surface area contributed by atoms with E-state index in [-0.39, 0.29) is 17.5 Å². The van der Waals surface area contributed by atoms with Gasteiger partial charge in [0.15, 0.2) is 11.6 Å². The van der Waals surface area contributed by atoms with Gasteiger partial charge in [-0.05, 0) is 19.1 Å². The molecule has 0 aliphatic carbocycles. The highest BCUT2D eigenvalue weighted by Gasteiger charge is 2.21. The molecule has 1 heterocycles. The van der Waals surface area contributed by atoms with Crippen LogP contribution < -0.4 is 11.1 Å². The molecule has 1 aromatic heterocycles. The summed E-state index contributed by atoms with van der Waals surface area (Å²) >= 11 is 0. The fourth-order valence-electron chi connectivity index (χ4n) is 1.28. The molecule has 0 aliphatic rings. The van der Waals surface area contributed by atoms with Crippen LogP contribution in [0, 0.1) is 18.6 Å². The smallest absolute Gasteiger partial charge is 0.328 e. The summed E-state index contributed by atoms with van der Waals surface area (Å²) in [6.45, 7) is 1.53. The highest BCUT2D eigenvalue weighted by molar-refractivity contribution is 6.04. The molecule has 3 N–H and O–H groups in total. The van der Waals surface area contributed by atoms with Crippen LogP contribution in [0.15, 0.2) is 16.7 Å². The number of nitrogen functional groups attached to an aromatic ring is 1. The van der Waals surface area contributed by atoms with Gasteiger partial charge < -0.3 is 10.3 Å². The van der Waals surface area contributed by atoms with E-state index in [0.29, 0.717) is 0 Å². The van der Waals surface area contributed by atoms with Crippen molar-refractivity contribution in [3.8, 4) is 0 Å². The summed E-state index contributed by atoms with van der Waals surface area (Å²) in [4.78, 5) is 15.3. The Morgan fingerprint density at radius 2 is 2.17 bits per heavy atom. The number of carbonyl (C=O) groups excluding carboxylic acids is 1. The van der Waals surface area contributed by atoms with Crippen molar-refractivity contribution >= 4 is 17.6 Å². The molecule has 0 unspecified atom stereocenters. The Morgan fingerprint density at radius 3 is 2.78 bits per heavy atom. The minimum Gasteiger partial charge on any atom is -0.396 e. The van der Waals surface area contributed by atoms with Gasteiger partial charge >= 0.3 is 6.01 Å². The lowest BCUT2D eigenvalue weighted by Gasteiger charge is -2.05. The lowest BCUT2D eigenvalue weighted by molar-refractivity contribution is 0.101. The molecule has 2 rings (SSSR count). The summed E-state index contributed by atoms with van der Waals surface area (Å²) in [5.74, 6) is -2.95. The summed E-state index contributed by atoms with van der Waals surface area (Å²) in [5.41, 5.74) is 4.12. The van der Waals surface area contributed by atoms with Gasteiger partial charge in [-0.25, -0.2) is 8.78 Å². The first-order chi connectivity index (χ1) is 8.49. The van der Waals surface area contributed by atoms with Gasteiger partial charge in [0.2, 0.25) is 0 Å². The molecule has 0 radical (unpaired) electrons. The van der Waals surface area contributed by atoms with Crippen LogP contribution in [0.2, 0.25) is 0 Å². The molecule has 18 heavy (non-hydrogen) atoms. The number of nitrogens with zero attached hydrogens (tertiary/aromatic N) is 2. The Hall–Kier alpha value is -2.51. The first kappa shape index (κ1) is 12.0. The van der Waals surface area contributed by atoms with Gasteiger partial charge in [0.25, 0.3) is 5.91 Å². The molecule has 0 aliphatic heterocycles. The van der Waals surface area contributed by atoms with Crippen LogP contribution in [0.25, 0.3) is 0 Å². The van der Waals surface area contributed by atoms with E-state index in [9.17, 15) is 13.6 Å². The summed E-state index contributed by atoms with van der Waals surface area (Å²) in [5, 5.41) is 5.49. The maximum absolute atomic E-state index is 13.5. The van der Waals surface area contributed by atoms with Crippen molar-refractivity contribution in [2.75, 3.05) is 11.1 Å². The van der Waals surface area contributed by atoms with Crippen molar-refractivity contribution in [3.63, 3.8) is 0 Å². The number of anilines is 2. The molecule has 0 fully saturated rings. The van der Waals surface area contributed by atoms with Crippen molar-refractivity contribution < 1.29 is 18.1 Å². The Kier molecular flexibility index (Phi) is 2.92. The Morgan fingerprint density at radius 1 is 1.44 bits per heavy atom. The molecule has 0 saturated carbocycles. The Bertz CT molecular complexity index is 612. The third kappa shape index (κ3) is 2.12. The van der Waals surface area contributed by atoms with Crippen LogP contribution in [0.1, 0.15) is 16.2 Å². The van der Waals surface area contributed by atoms with Gasteiger partial charge in [0, 0.05) is 0 Å². The number of halogens is 2. The topological polar surface area (TPSA) is 94.0 Å². The second-order valence-corrected chi connectivity index (χ2v) is 3.43. The SMILES string of the molecule is Cc1noc(NC(=O)c2c(F)ccc(N)c2F)n1. The number of aryl methyl sites for hydroxylation is 1. The minimum atomic E-state index is -1.14. The number of rotatable bonds is 2. The highest BCUT2D eigenvalue weighted by Crippen LogP contribution is 2.19. The number of hydrogen-bond acceptors (Lipinski definition) is 5. The lowest BCUT2D eigenvalue weighted by Crippen LogP contribution is -2.17. The molecular formula is C10H8F2N4O2. The zero-order valence-electron chi connectivity index (χ0n) is 9.20. The van der Waals surface area contributed by atoms with Crippen LogP contribution in [-0.4, -0.2) is 16.0 Å². The highest BCUT2D eigenvalue weighted by atomic mass is 19.1. The van der Waals surface area contributed by atoms with E-state index in [2.05, 4.69) is 20.0 Å². The molecule has 8 heteroatoms. The van der Waals surface area contributed by atoms with Crippen LogP contribution in [0.3, 0.4) is 0 Å². The molecule has 1 aromatic carbocycles. The Balaban J connectivity index is 2.32. The molecule has 1 amide bonds. The average molecular weight is 254 g/mol.